The zero-order valence-corrected chi connectivity index (χ0v) is 8.03. The van der Waals surface area contributed by atoms with Crippen LogP contribution in [0.5, 0.6) is 0 Å². The van der Waals surface area contributed by atoms with E-state index >= 15 is 0 Å². The van der Waals surface area contributed by atoms with E-state index in [1.54, 1.807) is 0 Å². The maximum Gasteiger partial charge on any atom is 0.221 e. The highest BCUT2D eigenvalue weighted by molar-refractivity contribution is 5.85. The van der Waals surface area contributed by atoms with Crippen LogP contribution in [-0.2, 0) is 11.2 Å². The van der Waals surface area contributed by atoms with Crippen LogP contribution in [0.25, 0.3) is 0 Å². The minimum absolute atomic E-state index is 0. The summed E-state index contributed by atoms with van der Waals surface area (Å²) in [5.74, 6) is -0.286. The molecule has 0 atom stereocenters. The van der Waals surface area contributed by atoms with Gasteiger partial charge >= 0.3 is 0 Å². The number of amides is 1. The third kappa shape index (κ3) is 4.99. The van der Waals surface area contributed by atoms with E-state index in [2.05, 4.69) is 0 Å². The lowest BCUT2D eigenvalue weighted by Gasteiger charge is -1.93. The Morgan fingerprint density at radius 1 is 1.17 bits per heavy atom. The molecule has 1 aromatic carbocycles. The molecule has 0 fully saturated rings. The van der Waals surface area contributed by atoms with E-state index < -0.39 is 0 Å². The number of primary amides is 1. The molecule has 12 heavy (non-hydrogen) atoms. The van der Waals surface area contributed by atoms with Crippen LogP contribution in [0.1, 0.15) is 5.56 Å². The summed E-state index contributed by atoms with van der Waals surface area (Å²) in [6, 6.07) is 9.44. The van der Waals surface area contributed by atoms with Gasteiger partial charge in [-0.15, -0.1) is 24.8 Å². The van der Waals surface area contributed by atoms with Gasteiger partial charge in [0.05, 0.1) is 6.42 Å². The van der Waals surface area contributed by atoms with E-state index in [9.17, 15) is 4.79 Å². The Kier molecular flexibility index (Phi) is 8.01. The zero-order chi connectivity index (χ0) is 7.40. The molecular weight excluding hydrogens is 197 g/mol. The fourth-order valence-corrected chi connectivity index (χ4v) is 0.797. The first-order chi connectivity index (χ1) is 4.79. The molecule has 4 heteroatoms. The molecule has 0 aromatic heterocycles. The van der Waals surface area contributed by atoms with Gasteiger partial charge in [-0.1, -0.05) is 30.3 Å². The Balaban J connectivity index is 0. The van der Waals surface area contributed by atoms with E-state index in [1.807, 2.05) is 30.3 Å². The van der Waals surface area contributed by atoms with Crippen LogP contribution in [0.2, 0.25) is 0 Å². The van der Waals surface area contributed by atoms with Crippen LogP contribution in [0.4, 0.5) is 0 Å². The fourth-order valence-electron chi connectivity index (χ4n) is 0.797. The summed E-state index contributed by atoms with van der Waals surface area (Å²) in [4.78, 5) is 10.4. The number of halogens is 2. The molecule has 0 saturated heterocycles. The van der Waals surface area contributed by atoms with Crippen LogP contribution in [0.15, 0.2) is 30.3 Å². The molecule has 68 valence electrons. The average molecular weight is 208 g/mol. The van der Waals surface area contributed by atoms with Gasteiger partial charge in [0.1, 0.15) is 0 Å². The highest BCUT2D eigenvalue weighted by Crippen LogP contribution is 1.97. The highest BCUT2D eigenvalue weighted by Gasteiger charge is 1.94. The Morgan fingerprint density at radius 3 is 2.08 bits per heavy atom. The van der Waals surface area contributed by atoms with E-state index in [4.69, 9.17) is 5.73 Å². The topological polar surface area (TPSA) is 43.1 Å². The second kappa shape index (κ2) is 6.95. The molecule has 0 unspecified atom stereocenters. The summed E-state index contributed by atoms with van der Waals surface area (Å²) >= 11 is 0. The van der Waals surface area contributed by atoms with Crippen molar-refractivity contribution < 1.29 is 4.79 Å². The molecule has 0 spiro atoms. The van der Waals surface area contributed by atoms with Crippen molar-refractivity contribution in [1.82, 2.24) is 0 Å². The van der Waals surface area contributed by atoms with Crippen LogP contribution < -0.4 is 5.73 Å². The first-order valence-electron chi connectivity index (χ1n) is 3.11. The van der Waals surface area contributed by atoms with Crippen molar-refractivity contribution >= 4 is 30.7 Å². The number of carbonyl (C=O) groups excluding carboxylic acids is 1. The second-order valence-electron chi connectivity index (χ2n) is 2.13. The van der Waals surface area contributed by atoms with Crippen molar-refractivity contribution in [1.29, 1.82) is 0 Å². The molecule has 0 radical (unpaired) electrons. The number of rotatable bonds is 2. The van der Waals surface area contributed by atoms with Crippen LogP contribution in [0.3, 0.4) is 0 Å². The summed E-state index contributed by atoms with van der Waals surface area (Å²) in [6.07, 6.45) is 0.334. The molecule has 1 rings (SSSR count). The largest absolute Gasteiger partial charge is 0.369 e. The summed E-state index contributed by atoms with van der Waals surface area (Å²) < 4.78 is 0. The molecule has 0 bridgehead atoms. The van der Waals surface area contributed by atoms with Crippen LogP contribution >= 0.6 is 24.8 Å². The molecule has 0 aliphatic heterocycles. The summed E-state index contributed by atoms with van der Waals surface area (Å²) in [7, 11) is 0. The van der Waals surface area contributed by atoms with Gasteiger partial charge in [0.2, 0.25) is 5.91 Å². The van der Waals surface area contributed by atoms with Gasteiger partial charge < -0.3 is 5.73 Å². The molecule has 1 aromatic rings. The van der Waals surface area contributed by atoms with Crippen LogP contribution in [0, 0.1) is 0 Å². The van der Waals surface area contributed by atoms with E-state index in [1.165, 1.54) is 0 Å². The molecule has 0 saturated carbocycles. The lowest BCUT2D eigenvalue weighted by atomic mass is 10.1. The number of nitrogens with two attached hydrogens (primary N) is 1. The number of benzene rings is 1. The van der Waals surface area contributed by atoms with Crippen molar-refractivity contribution in [3.63, 3.8) is 0 Å². The molecule has 2 N–H and O–H groups in total. The molecule has 0 heterocycles. The lowest BCUT2D eigenvalue weighted by molar-refractivity contribution is -0.117. The fraction of sp³-hybridized carbons (Fsp3) is 0.125. The maximum absolute atomic E-state index is 10.4. The summed E-state index contributed by atoms with van der Waals surface area (Å²) in [6.45, 7) is 0. The van der Waals surface area contributed by atoms with E-state index in [0.717, 1.165) is 5.56 Å². The lowest BCUT2D eigenvalue weighted by Crippen LogP contribution is -2.13. The number of carbonyl (C=O) groups is 1. The van der Waals surface area contributed by atoms with E-state index in [0.29, 0.717) is 6.42 Å². The number of hydrogen-bond acceptors (Lipinski definition) is 1. The predicted molar refractivity (Wildman–Crippen MR) is 53.8 cm³/mol. The van der Waals surface area contributed by atoms with Gasteiger partial charge in [-0.05, 0) is 5.56 Å². The molecule has 2 nitrogen and oxygen atoms in total. The molecular formula is C8H11Cl2NO. The van der Waals surface area contributed by atoms with Gasteiger partial charge in [-0.3, -0.25) is 4.79 Å². The first-order valence-corrected chi connectivity index (χ1v) is 3.11. The van der Waals surface area contributed by atoms with Crippen molar-refractivity contribution in [2.24, 2.45) is 5.73 Å². The van der Waals surface area contributed by atoms with Gasteiger partial charge in [0.25, 0.3) is 0 Å². The van der Waals surface area contributed by atoms with Gasteiger partial charge in [0, 0.05) is 0 Å². The SMILES string of the molecule is Cl.Cl.NC(=O)Cc1ccccc1. The van der Waals surface area contributed by atoms with E-state index in [-0.39, 0.29) is 30.7 Å². The maximum atomic E-state index is 10.4. The minimum atomic E-state index is -0.286. The van der Waals surface area contributed by atoms with Crippen molar-refractivity contribution in [2.75, 3.05) is 0 Å². The predicted octanol–water partition coefficient (Wildman–Crippen LogP) is 1.56. The highest BCUT2D eigenvalue weighted by atomic mass is 35.5. The Bertz CT molecular complexity index is 226. The summed E-state index contributed by atoms with van der Waals surface area (Å²) in [5, 5.41) is 0. The standard InChI is InChI=1S/C8H9NO.2ClH/c9-8(10)6-7-4-2-1-3-5-7;;/h1-5H,6H2,(H2,9,10);2*1H. The van der Waals surface area contributed by atoms with Gasteiger partial charge in [-0.2, -0.15) is 0 Å². The van der Waals surface area contributed by atoms with Crippen LogP contribution in [-0.4, -0.2) is 5.91 Å². The molecule has 1 amide bonds. The third-order valence-corrected chi connectivity index (χ3v) is 1.22. The van der Waals surface area contributed by atoms with Crippen molar-refractivity contribution in [3.8, 4) is 0 Å². The zero-order valence-electron chi connectivity index (χ0n) is 6.40. The normalized spacial score (nSPS) is 7.67. The number of hydrogen-bond donors (Lipinski definition) is 1. The van der Waals surface area contributed by atoms with Gasteiger partial charge in [-0.25, -0.2) is 0 Å². The van der Waals surface area contributed by atoms with Crippen molar-refractivity contribution in [3.05, 3.63) is 35.9 Å². The average Bonchev–Trinajstić information content (AvgIpc) is 1.88. The molecule has 0 aliphatic carbocycles. The monoisotopic (exact) mass is 207 g/mol. The van der Waals surface area contributed by atoms with Gasteiger partial charge in [0.15, 0.2) is 0 Å². The Morgan fingerprint density at radius 2 is 1.67 bits per heavy atom. The Labute approximate surface area is 84.0 Å². The smallest absolute Gasteiger partial charge is 0.221 e. The Hall–Kier alpha value is -0.730. The molecule has 0 aliphatic rings. The quantitative estimate of drug-likeness (QED) is 0.787. The summed E-state index contributed by atoms with van der Waals surface area (Å²) in [5.41, 5.74) is 5.95. The third-order valence-electron chi connectivity index (χ3n) is 1.22. The first kappa shape index (κ1) is 13.8. The minimum Gasteiger partial charge on any atom is -0.369 e. The second-order valence-corrected chi connectivity index (χ2v) is 2.13. The van der Waals surface area contributed by atoms with Crippen molar-refractivity contribution in [2.45, 2.75) is 6.42 Å².